The molecule has 3 rings (SSSR count). The van der Waals surface area contributed by atoms with Crippen molar-refractivity contribution >= 4 is 11.6 Å². The molecule has 0 spiro atoms. The van der Waals surface area contributed by atoms with Crippen molar-refractivity contribution in [2.75, 3.05) is 12.4 Å². The molecule has 0 aliphatic carbocycles. The first-order valence-corrected chi connectivity index (χ1v) is 8.21. The van der Waals surface area contributed by atoms with Crippen LogP contribution in [0.1, 0.15) is 12.1 Å². The minimum absolute atomic E-state index is 0.0725. The van der Waals surface area contributed by atoms with Crippen LogP contribution in [0.15, 0.2) is 53.3 Å². The monoisotopic (exact) mass is 368 g/mol. The Labute approximate surface area is 154 Å². The Balaban J connectivity index is 1.62. The molecule has 1 amide bonds. The molecule has 0 radical (unpaired) electrons. The molecule has 0 aliphatic heterocycles. The first kappa shape index (κ1) is 18.2. The summed E-state index contributed by atoms with van der Waals surface area (Å²) in [6, 6.07) is 12.6. The summed E-state index contributed by atoms with van der Waals surface area (Å²) in [5.41, 5.74) is 0.729. The molecule has 1 heterocycles. The molecule has 138 valence electrons. The van der Waals surface area contributed by atoms with Gasteiger partial charge in [-0.2, -0.15) is 0 Å². The number of hydrogen-bond acceptors (Lipinski definition) is 5. The quantitative estimate of drug-likeness (QED) is 0.697. The van der Waals surface area contributed by atoms with Gasteiger partial charge in [0.25, 0.3) is 5.56 Å². The van der Waals surface area contributed by atoms with Gasteiger partial charge in [0.2, 0.25) is 5.91 Å². The number of H-pyrrole nitrogens is 1. The topological polar surface area (TPSA) is 97.0 Å². The maximum absolute atomic E-state index is 13.3. The molecule has 0 fully saturated rings. The predicted molar refractivity (Wildman–Crippen MR) is 98.0 cm³/mol. The highest BCUT2D eigenvalue weighted by atomic mass is 19.1. The molecular formula is C19H17FN4O3. The van der Waals surface area contributed by atoms with Crippen molar-refractivity contribution in [2.45, 2.75) is 12.8 Å². The van der Waals surface area contributed by atoms with E-state index in [1.165, 1.54) is 18.2 Å². The third kappa shape index (κ3) is 4.75. The molecule has 0 unspecified atom stereocenters. The van der Waals surface area contributed by atoms with Crippen LogP contribution in [0.4, 0.5) is 10.1 Å². The first-order chi connectivity index (χ1) is 13.0. The molecule has 0 saturated carbocycles. The summed E-state index contributed by atoms with van der Waals surface area (Å²) >= 11 is 0. The van der Waals surface area contributed by atoms with Gasteiger partial charge in [0.15, 0.2) is 5.82 Å². The molecule has 8 heteroatoms. The van der Waals surface area contributed by atoms with E-state index in [9.17, 15) is 14.0 Å². The van der Waals surface area contributed by atoms with Gasteiger partial charge in [-0.05, 0) is 36.4 Å². The van der Waals surface area contributed by atoms with Crippen LogP contribution in [0.3, 0.4) is 0 Å². The number of hydrogen-bond donors (Lipinski definition) is 2. The minimum atomic E-state index is -0.457. The Morgan fingerprint density at radius 2 is 1.96 bits per heavy atom. The van der Waals surface area contributed by atoms with Gasteiger partial charge in [-0.25, -0.2) is 4.39 Å². The van der Waals surface area contributed by atoms with E-state index in [2.05, 4.69) is 20.5 Å². The molecule has 3 aromatic rings. The largest absolute Gasteiger partial charge is 0.497 e. The molecule has 2 N–H and O–H groups in total. The zero-order valence-electron chi connectivity index (χ0n) is 14.5. The number of nitrogens with one attached hydrogen (secondary N) is 2. The Hall–Kier alpha value is -3.55. The van der Waals surface area contributed by atoms with E-state index in [0.29, 0.717) is 17.0 Å². The van der Waals surface area contributed by atoms with E-state index in [4.69, 9.17) is 4.74 Å². The fraction of sp³-hybridized carbons (Fsp3) is 0.158. The number of rotatable bonds is 6. The average Bonchev–Trinajstić information content (AvgIpc) is 2.67. The summed E-state index contributed by atoms with van der Waals surface area (Å²) in [6.07, 6.45) is 0.205. The van der Waals surface area contributed by atoms with Crippen LogP contribution < -0.4 is 15.6 Å². The van der Waals surface area contributed by atoms with Crippen LogP contribution in [-0.2, 0) is 11.2 Å². The predicted octanol–water partition coefficient (Wildman–Crippen LogP) is 2.55. The average molecular weight is 368 g/mol. The molecule has 2 aromatic carbocycles. The molecule has 0 atom stereocenters. The highest BCUT2D eigenvalue weighted by Gasteiger charge is 2.10. The lowest BCUT2D eigenvalue weighted by molar-refractivity contribution is -0.116. The number of benzene rings is 2. The number of anilines is 1. The molecule has 1 aromatic heterocycles. The number of nitrogens with zero attached hydrogens (tertiary/aromatic N) is 2. The lowest BCUT2D eigenvalue weighted by Gasteiger charge is -2.06. The lowest BCUT2D eigenvalue weighted by Crippen LogP contribution is -2.20. The van der Waals surface area contributed by atoms with E-state index in [-0.39, 0.29) is 30.3 Å². The maximum Gasteiger partial charge on any atom is 0.273 e. The number of aromatic nitrogens is 3. The number of aryl methyl sites for hydroxylation is 1. The standard InChI is InChI=1S/C19H17FN4O3/c1-27-15-7-5-14(6-8-15)21-17(25)10-9-16-19(26)22-18(24-23-16)12-3-2-4-13(20)11-12/h2-8,11H,9-10H2,1H3,(H,21,25)(H,22,24,26). The van der Waals surface area contributed by atoms with E-state index in [0.717, 1.165) is 0 Å². The fourth-order valence-electron chi connectivity index (χ4n) is 2.42. The number of amides is 1. The van der Waals surface area contributed by atoms with Crippen molar-refractivity contribution in [1.29, 1.82) is 0 Å². The van der Waals surface area contributed by atoms with Gasteiger partial charge >= 0.3 is 0 Å². The number of aromatic amines is 1. The summed E-state index contributed by atoms with van der Waals surface area (Å²) in [5.74, 6) is 0.170. The molecule has 0 saturated heterocycles. The SMILES string of the molecule is COc1ccc(NC(=O)CCc2nnc(-c3cccc(F)c3)[nH]c2=O)cc1. The summed E-state index contributed by atoms with van der Waals surface area (Å²) < 4.78 is 18.3. The van der Waals surface area contributed by atoms with Crippen LogP contribution in [0.2, 0.25) is 0 Å². The van der Waals surface area contributed by atoms with Crippen LogP contribution in [0, 0.1) is 5.82 Å². The summed E-state index contributed by atoms with van der Waals surface area (Å²) in [4.78, 5) is 26.7. The van der Waals surface area contributed by atoms with E-state index >= 15 is 0 Å². The van der Waals surface area contributed by atoms with Crippen molar-refractivity contribution in [3.8, 4) is 17.1 Å². The van der Waals surface area contributed by atoms with Gasteiger partial charge < -0.3 is 15.0 Å². The first-order valence-electron chi connectivity index (χ1n) is 8.21. The van der Waals surface area contributed by atoms with Crippen LogP contribution in [0.25, 0.3) is 11.4 Å². The maximum atomic E-state index is 13.3. The van der Waals surface area contributed by atoms with Gasteiger partial charge in [-0.3, -0.25) is 9.59 Å². The third-order valence-electron chi connectivity index (χ3n) is 3.83. The lowest BCUT2D eigenvalue weighted by atomic mass is 10.2. The van der Waals surface area contributed by atoms with Crippen molar-refractivity contribution in [3.63, 3.8) is 0 Å². The zero-order valence-corrected chi connectivity index (χ0v) is 14.5. The van der Waals surface area contributed by atoms with Crippen LogP contribution in [0.5, 0.6) is 5.75 Å². The Morgan fingerprint density at radius 1 is 1.19 bits per heavy atom. The number of methoxy groups -OCH3 is 1. The Morgan fingerprint density at radius 3 is 2.63 bits per heavy atom. The highest BCUT2D eigenvalue weighted by Crippen LogP contribution is 2.16. The summed E-state index contributed by atoms with van der Waals surface area (Å²) in [6.45, 7) is 0. The summed E-state index contributed by atoms with van der Waals surface area (Å²) in [5, 5.41) is 10.5. The Bertz CT molecular complexity index is 1000. The highest BCUT2D eigenvalue weighted by molar-refractivity contribution is 5.90. The molecule has 7 nitrogen and oxygen atoms in total. The minimum Gasteiger partial charge on any atom is -0.497 e. The fourth-order valence-corrected chi connectivity index (χ4v) is 2.42. The van der Waals surface area contributed by atoms with Gasteiger partial charge in [0.05, 0.1) is 7.11 Å². The number of carbonyl (C=O) groups is 1. The number of ether oxygens (including phenoxy) is 1. The van der Waals surface area contributed by atoms with Gasteiger partial charge in [-0.1, -0.05) is 12.1 Å². The smallest absolute Gasteiger partial charge is 0.273 e. The van der Waals surface area contributed by atoms with Crippen LogP contribution >= 0.6 is 0 Å². The van der Waals surface area contributed by atoms with Gasteiger partial charge in [0, 0.05) is 24.1 Å². The van der Waals surface area contributed by atoms with Crippen molar-refractivity contribution < 1.29 is 13.9 Å². The molecule has 0 bridgehead atoms. The second-order valence-electron chi connectivity index (χ2n) is 5.74. The van der Waals surface area contributed by atoms with Gasteiger partial charge in [0.1, 0.15) is 17.3 Å². The van der Waals surface area contributed by atoms with E-state index in [1.807, 2.05) is 0 Å². The van der Waals surface area contributed by atoms with Crippen molar-refractivity contribution in [3.05, 3.63) is 70.4 Å². The third-order valence-corrected chi connectivity index (χ3v) is 3.83. The normalized spacial score (nSPS) is 10.4. The second-order valence-corrected chi connectivity index (χ2v) is 5.74. The Kier molecular flexibility index (Phi) is 5.55. The van der Waals surface area contributed by atoms with Crippen LogP contribution in [-0.4, -0.2) is 28.2 Å². The second kappa shape index (κ2) is 8.22. The molecule has 0 aliphatic rings. The molecular weight excluding hydrogens is 351 g/mol. The zero-order chi connectivity index (χ0) is 19.2. The number of halogens is 1. The molecule has 27 heavy (non-hydrogen) atoms. The van der Waals surface area contributed by atoms with E-state index < -0.39 is 11.4 Å². The van der Waals surface area contributed by atoms with Crippen molar-refractivity contribution in [1.82, 2.24) is 15.2 Å². The van der Waals surface area contributed by atoms with Crippen molar-refractivity contribution in [2.24, 2.45) is 0 Å². The number of carbonyl (C=O) groups excluding carboxylic acids is 1. The van der Waals surface area contributed by atoms with E-state index in [1.54, 1.807) is 37.4 Å². The summed E-state index contributed by atoms with van der Waals surface area (Å²) in [7, 11) is 1.56. The van der Waals surface area contributed by atoms with Gasteiger partial charge in [-0.15, -0.1) is 10.2 Å².